The molecule has 2 rings (SSSR count). The summed E-state index contributed by atoms with van der Waals surface area (Å²) >= 11 is 1.62. The number of carboxylic acids is 1. The summed E-state index contributed by atoms with van der Waals surface area (Å²) in [6.07, 6.45) is 0. The number of carbonyl (C=O) groups is 1. The van der Waals surface area contributed by atoms with Crippen molar-refractivity contribution >= 4 is 22.9 Å². The number of aromatic carboxylic acids is 1. The third kappa shape index (κ3) is 2.29. The summed E-state index contributed by atoms with van der Waals surface area (Å²) in [6.45, 7) is 6.02. The molecular formula is C14H12O2S. The molecule has 3 heteroatoms. The Kier molecular flexibility index (Phi) is 3.11. The topological polar surface area (TPSA) is 37.3 Å². The van der Waals surface area contributed by atoms with Gasteiger partial charge in [-0.05, 0) is 36.3 Å². The van der Waals surface area contributed by atoms with E-state index in [1.807, 2.05) is 25.1 Å². The molecule has 0 amide bonds. The Bertz CT molecular complexity index is 581. The average Bonchev–Trinajstić information content (AvgIpc) is 2.75. The van der Waals surface area contributed by atoms with Gasteiger partial charge < -0.3 is 5.11 Å². The minimum Gasteiger partial charge on any atom is -0.478 e. The summed E-state index contributed by atoms with van der Waals surface area (Å²) in [5, 5.41) is 9.13. The zero-order valence-electron chi connectivity index (χ0n) is 9.43. The third-order valence-corrected chi connectivity index (χ3v) is 3.58. The van der Waals surface area contributed by atoms with E-state index in [1.165, 1.54) is 4.88 Å². The molecule has 0 aliphatic heterocycles. The van der Waals surface area contributed by atoms with Gasteiger partial charge in [-0.3, -0.25) is 0 Å². The molecule has 0 aliphatic rings. The Hall–Kier alpha value is -1.87. The lowest BCUT2D eigenvalue weighted by Crippen LogP contribution is -2.01. The largest absolute Gasteiger partial charge is 0.478 e. The van der Waals surface area contributed by atoms with E-state index < -0.39 is 5.97 Å². The van der Waals surface area contributed by atoms with Crippen LogP contribution in [0.3, 0.4) is 0 Å². The summed E-state index contributed by atoms with van der Waals surface area (Å²) in [5.74, 6) is -0.921. The van der Waals surface area contributed by atoms with Crippen LogP contribution >= 0.6 is 11.3 Å². The Morgan fingerprint density at radius 3 is 2.35 bits per heavy atom. The quantitative estimate of drug-likeness (QED) is 0.891. The van der Waals surface area contributed by atoms with Crippen LogP contribution in [-0.2, 0) is 0 Å². The summed E-state index contributed by atoms with van der Waals surface area (Å²) in [5.41, 5.74) is 1.74. The van der Waals surface area contributed by atoms with Gasteiger partial charge in [0.25, 0.3) is 0 Å². The predicted molar refractivity (Wildman–Crippen MR) is 70.6 cm³/mol. The fourth-order valence-corrected chi connectivity index (χ4v) is 2.51. The van der Waals surface area contributed by atoms with E-state index in [-0.39, 0.29) is 0 Å². The van der Waals surface area contributed by atoms with E-state index in [4.69, 9.17) is 5.11 Å². The van der Waals surface area contributed by atoms with Gasteiger partial charge in [-0.1, -0.05) is 24.8 Å². The van der Waals surface area contributed by atoms with Crippen molar-refractivity contribution in [3.8, 4) is 0 Å². The van der Waals surface area contributed by atoms with Crippen LogP contribution in [0.5, 0.6) is 0 Å². The van der Waals surface area contributed by atoms with Gasteiger partial charge in [0, 0.05) is 9.75 Å². The van der Waals surface area contributed by atoms with Crippen LogP contribution in [0.25, 0.3) is 5.57 Å². The van der Waals surface area contributed by atoms with Crippen molar-refractivity contribution in [2.24, 2.45) is 0 Å². The van der Waals surface area contributed by atoms with Crippen LogP contribution in [0.1, 0.15) is 25.7 Å². The molecule has 1 heterocycles. The van der Waals surface area contributed by atoms with E-state index >= 15 is 0 Å². The first-order chi connectivity index (χ1) is 8.09. The monoisotopic (exact) mass is 244 g/mol. The fraction of sp³-hybridized carbons (Fsp3) is 0.0714. The Morgan fingerprint density at radius 2 is 1.82 bits per heavy atom. The second-order valence-corrected chi connectivity index (χ2v) is 5.03. The molecule has 17 heavy (non-hydrogen) atoms. The number of aryl methyl sites for hydroxylation is 1. The van der Waals surface area contributed by atoms with Crippen LogP contribution in [0, 0.1) is 6.92 Å². The van der Waals surface area contributed by atoms with E-state index in [9.17, 15) is 4.79 Å². The Morgan fingerprint density at radius 1 is 1.18 bits per heavy atom. The molecule has 0 aliphatic carbocycles. The van der Waals surface area contributed by atoms with Crippen molar-refractivity contribution in [3.63, 3.8) is 0 Å². The molecule has 2 nitrogen and oxygen atoms in total. The van der Waals surface area contributed by atoms with Gasteiger partial charge in [0.15, 0.2) is 0 Å². The fourth-order valence-electron chi connectivity index (χ4n) is 1.66. The van der Waals surface area contributed by atoms with E-state index in [1.54, 1.807) is 29.5 Å². The normalized spacial score (nSPS) is 10.2. The molecular weight excluding hydrogens is 232 g/mol. The lowest BCUT2D eigenvalue weighted by atomic mass is 10.00. The second-order valence-electron chi connectivity index (χ2n) is 3.74. The van der Waals surface area contributed by atoms with Gasteiger partial charge >= 0.3 is 5.97 Å². The van der Waals surface area contributed by atoms with Crippen LogP contribution in [0.4, 0.5) is 0 Å². The maximum Gasteiger partial charge on any atom is 0.336 e. The minimum atomic E-state index is -0.921. The highest BCUT2D eigenvalue weighted by Crippen LogP contribution is 2.29. The van der Waals surface area contributed by atoms with E-state index in [0.717, 1.165) is 10.5 Å². The highest BCUT2D eigenvalue weighted by Gasteiger charge is 2.13. The molecule has 0 radical (unpaired) electrons. The molecule has 1 N–H and O–H groups in total. The van der Waals surface area contributed by atoms with Crippen molar-refractivity contribution < 1.29 is 9.90 Å². The molecule has 0 bridgehead atoms. The molecule has 0 saturated carbocycles. The molecule has 0 spiro atoms. The number of hydrogen-bond acceptors (Lipinski definition) is 2. The van der Waals surface area contributed by atoms with Crippen LogP contribution < -0.4 is 0 Å². The zero-order valence-corrected chi connectivity index (χ0v) is 10.3. The highest BCUT2D eigenvalue weighted by molar-refractivity contribution is 7.13. The van der Waals surface area contributed by atoms with Crippen LogP contribution in [0.2, 0.25) is 0 Å². The molecule has 0 saturated heterocycles. The molecule has 1 aromatic carbocycles. The SMILES string of the molecule is C=C(c1ccc(C)s1)c1ccccc1C(=O)O. The maximum atomic E-state index is 11.1. The first-order valence-corrected chi connectivity index (χ1v) is 5.99. The van der Waals surface area contributed by atoms with Crippen molar-refractivity contribution in [3.05, 3.63) is 63.9 Å². The van der Waals surface area contributed by atoms with Gasteiger partial charge in [0.1, 0.15) is 0 Å². The van der Waals surface area contributed by atoms with Gasteiger partial charge in [-0.15, -0.1) is 11.3 Å². The number of hydrogen-bond donors (Lipinski definition) is 1. The Labute approximate surface area is 104 Å². The lowest BCUT2D eigenvalue weighted by Gasteiger charge is -2.07. The molecule has 0 fully saturated rings. The predicted octanol–water partition coefficient (Wildman–Crippen LogP) is 3.82. The minimum absolute atomic E-state index is 0.295. The van der Waals surface area contributed by atoms with E-state index in [2.05, 4.69) is 6.58 Å². The number of rotatable bonds is 3. The van der Waals surface area contributed by atoms with Gasteiger partial charge in [0.05, 0.1) is 5.56 Å². The highest BCUT2D eigenvalue weighted by atomic mass is 32.1. The standard InChI is InChI=1S/C14H12O2S/c1-9-7-8-13(17-9)10(2)11-5-3-4-6-12(11)14(15)16/h3-8H,2H2,1H3,(H,15,16). The number of thiophene rings is 1. The van der Waals surface area contributed by atoms with Crippen molar-refractivity contribution in [1.29, 1.82) is 0 Å². The summed E-state index contributed by atoms with van der Waals surface area (Å²) < 4.78 is 0. The van der Waals surface area contributed by atoms with Gasteiger partial charge in [0.2, 0.25) is 0 Å². The molecule has 0 atom stereocenters. The number of benzene rings is 1. The summed E-state index contributed by atoms with van der Waals surface area (Å²) in [6, 6.07) is 10.9. The van der Waals surface area contributed by atoms with Crippen LogP contribution in [0.15, 0.2) is 43.0 Å². The summed E-state index contributed by atoms with van der Waals surface area (Å²) in [7, 11) is 0. The van der Waals surface area contributed by atoms with Gasteiger partial charge in [-0.25, -0.2) is 4.79 Å². The van der Waals surface area contributed by atoms with Gasteiger partial charge in [-0.2, -0.15) is 0 Å². The zero-order chi connectivity index (χ0) is 12.4. The molecule has 2 aromatic rings. The van der Waals surface area contributed by atoms with Crippen molar-refractivity contribution in [2.75, 3.05) is 0 Å². The first-order valence-electron chi connectivity index (χ1n) is 5.18. The lowest BCUT2D eigenvalue weighted by molar-refractivity contribution is 0.0696. The second kappa shape index (κ2) is 4.55. The Balaban J connectivity index is 2.47. The summed E-state index contributed by atoms with van der Waals surface area (Å²) in [4.78, 5) is 13.3. The van der Waals surface area contributed by atoms with Crippen molar-refractivity contribution in [1.82, 2.24) is 0 Å². The maximum absolute atomic E-state index is 11.1. The first kappa shape index (κ1) is 11.6. The molecule has 0 unspecified atom stereocenters. The smallest absolute Gasteiger partial charge is 0.336 e. The molecule has 86 valence electrons. The van der Waals surface area contributed by atoms with Crippen molar-refractivity contribution in [2.45, 2.75) is 6.92 Å². The van der Waals surface area contributed by atoms with Crippen LogP contribution in [-0.4, -0.2) is 11.1 Å². The molecule has 1 aromatic heterocycles. The van der Waals surface area contributed by atoms with E-state index in [0.29, 0.717) is 11.1 Å². The third-order valence-electron chi connectivity index (χ3n) is 2.52. The number of carboxylic acid groups (broad SMARTS) is 1. The average molecular weight is 244 g/mol.